The molecule has 0 radical (unpaired) electrons. The molecule has 5 heterocycles. The molecule has 2 aromatic rings. The van der Waals surface area contributed by atoms with E-state index in [2.05, 4.69) is 21.3 Å². The molecule has 1 N–H and O–H groups in total. The Morgan fingerprint density at radius 1 is 1.32 bits per heavy atom. The van der Waals surface area contributed by atoms with Gasteiger partial charge in [-0.25, -0.2) is 14.2 Å². The van der Waals surface area contributed by atoms with Crippen molar-refractivity contribution in [1.82, 2.24) is 20.2 Å². The third-order valence-electron chi connectivity index (χ3n) is 6.76. The molecule has 2 fully saturated rings. The summed E-state index contributed by atoms with van der Waals surface area (Å²) >= 11 is 0. The van der Waals surface area contributed by atoms with E-state index in [9.17, 15) is 14.4 Å². The third-order valence-corrected chi connectivity index (χ3v) is 6.76. The number of amides is 1. The number of anilines is 1. The van der Waals surface area contributed by atoms with Crippen LogP contribution in [0, 0.1) is 22.6 Å². The van der Waals surface area contributed by atoms with Crippen LogP contribution >= 0.6 is 0 Å². The van der Waals surface area contributed by atoms with Crippen LogP contribution in [0.3, 0.4) is 0 Å². The van der Waals surface area contributed by atoms with Gasteiger partial charge in [0.15, 0.2) is 0 Å². The molecule has 1 spiro atoms. The third kappa shape index (κ3) is 3.96. The second kappa shape index (κ2) is 8.20. The molecule has 3 aliphatic rings. The number of ether oxygens (including phenoxy) is 1. The monoisotopic (exact) mass is 464 g/mol. The Kier molecular flexibility index (Phi) is 5.44. The second-order valence-electron chi connectivity index (χ2n) is 10.5. The molecule has 0 saturated carbocycles. The van der Waals surface area contributed by atoms with Crippen molar-refractivity contribution in [1.29, 1.82) is 5.26 Å². The van der Waals surface area contributed by atoms with Gasteiger partial charge in [-0.05, 0) is 57.9 Å². The fraction of sp³-hybridized carbons (Fsp3) is 0.520. The van der Waals surface area contributed by atoms with Gasteiger partial charge < -0.3 is 19.9 Å². The minimum atomic E-state index is -0.526. The lowest BCUT2D eigenvalue weighted by molar-refractivity contribution is -0.0266. The molecule has 0 unspecified atom stereocenters. The Hall–Kier alpha value is -3.25. The maximum absolute atomic E-state index is 14.8. The van der Waals surface area contributed by atoms with Crippen molar-refractivity contribution in [3.05, 3.63) is 41.0 Å². The second-order valence-corrected chi connectivity index (χ2v) is 10.5. The summed E-state index contributed by atoms with van der Waals surface area (Å²) in [5, 5.41) is 13.5. The van der Waals surface area contributed by atoms with Gasteiger partial charge in [-0.2, -0.15) is 5.26 Å². The summed E-state index contributed by atoms with van der Waals surface area (Å²) in [6.07, 6.45) is 2.82. The van der Waals surface area contributed by atoms with Gasteiger partial charge in [0.25, 0.3) is 0 Å². The summed E-state index contributed by atoms with van der Waals surface area (Å²) in [5.74, 6) is 0.138. The van der Waals surface area contributed by atoms with Gasteiger partial charge in [0, 0.05) is 49.9 Å². The topological polar surface area (TPSA) is 94.4 Å². The standard InChI is InChI=1S/C25H29FN6O2/c1-24(2,3)34-23(33)32-14-25(15-32)7-10-31(13-25)22-17(11-27)20(21-18(26)5-4-8-29-21)16-6-9-28-12-19(16)30-22/h4-5,8,28H,6-7,9-10,12-15H2,1-3H3. The van der Waals surface area contributed by atoms with Crippen LogP contribution in [-0.2, 0) is 17.7 Å². The minimum Gasteiger partial charge on any atom is -0.444 e. The zero-order chi connectivity index (χ0) is 24.1. The normalized spacial score (nSPS) is 18.9. The quantitative estimate of drug-likeness (QED) is 0.729. The first-order chi connectivity index (χ1) is 16.2. The molecule has 1 amide bonds. The maximum Gasteiger partial charge on any atom is 0.410 e. The fourth-order valence-electron chi connectivity index (χ4n) is 5.25. The Morgan fingerprint density at radius 2 is 2.12 bits per heavy atom. The maximum atomic E-state index is 14.8. The first-order valence-corrected chi connectivity index (χ1v) is 11.7. The van der Waals surface area contributed by atoms with Crippen molar-refractivity contribution in [2.24, 2.45) is 5.41 Å². The highest BCUT2D eigenvalue weighted by Gasteiger charge is 2.51. The summed E-state index contributed by atoms with van der Waals surface area (Å²) in [4.78, 5) is 25.5. The van der Waals surface area contributed by atoms with Crippen molar-refractivity contribution in [3.8, 4) is 17.3 Å². The predicted molar refractivity (Wildman–Crippen MR) is 125 cm³/mol. The molecule has 8 nitrogen and oxygen atoms in total. The lowest BCUT2D eigenvalue weighted by Gasteiger charge is -2.47. The first-order valence-electron chi connectivity index (χ1n) is 11.7. The van der Waals surface area contributed by atoms with Gasteiger partial charge in [0.1, 0.15) is 34.6 Å². The number of halogens is 1. The highest BCUT2D eigenvalue weighted by atomic mass is 19.1. The van der Waals surface area contributed by atoms with E-state index in [-0.39, 0.29) is 17.2 Å². The number of carbonyl (C=O) groups is 1. The number of nitrogens with zero attached hydrogens (tertiary/aromatic N) is 5. The number of hydrogen-bond donors (Lipinski definition) is 1. The molecular weight excluding hydrogens is 435 g/mol. The van der Waals surface area contributed by atoms with E-state index in [1.165, 1.54) is 6.07 Å². The number of likely N-dealkylation sites (tertiary alicyclic amines) is 1. The summed E-state index contributed by atoms with van der Waals surface area (Å²) in [5.41, 5.74) is 2.30. The molecule has 5 rings (SSSR count). The molecule has 9 heteroatoms. The average molecular weight is 465 g/mol. The van der Waals surface area contributed by atoms with E-state index >= 15 is 0 Å². The van der Waals surface area contributed by atoms with Crippen LogP contribution in [0.1, 0.15) is 44.0 Å². The lowest BCUT2D eigenvalue weighted by atomic mass is 9.79. The minimum absolute atomic E-state index is 0.0458. The molecule has 0 bridgehead atoms. The molecule has 0 aliphatic carbocycles. The summed E-state index contributed by atoms with van der Waals surface area (Å²) in [6, 6.07) is 5.25. The van der Waals surface area contributed by atoms with E-state index in [4.69, 9.17) is 9.72 Å². The molecule has 2 saturated heterocycles. The Bertz CT molecular complexity index is 1180. The van der Waals surface area contributed by atoms with Crippen molar-refractivity contribution >= 4 is 11.9 Å². The summed E-state index contributed by atoms with van der Waals surface area (Å²) in [7, 11) is 0. The lowest BCUT2D eigenvalue weighted by Crippen LogP contribution is -2.60. The Labute approximate surface area is 198 Å². The van der Waals surface area contributed by atoms with E-state index < -0.39 is 11.4 Å². The van der Waals surface area contributed by atoms with Gasteiger partial charge in [-0.15, -0.1) is 0 Å². The highest BCUT2D eigenvalue weighted by molar-refractivity contribution is 5.79. The number of rotatable bonds is 2. The summed E-state index contributed by atoms with van der Waals surface area (Å²) in [6.45, 7) is 9.54. The van der Waals surface area contributed by atoms with E-state index in [1.54, 1.807) is 17.2 Å². The van der Waals surface area contributed by atoms with Crippen LogP contribution in [-0.4, -0.2) is 59.3 Å². The van der Waals surface area contributed by atoms with Crippen molar-refractivity contribution < 1.29 is 13.9 Å². The van der Waals surface area contributed by atoms with E-state index in [1.807, 2.05) is 20.8 Å². The molecule has 0 aromatic carbocycles. The van der Waals surface area contributed by atoms with Gasteiger partial charge in [-0.1, -0.05) is 0 Å². The van der Waals surface area contributed by atoms with Gasteiger partial charge in [0.05, 0.1) is 5.69 Å². The van der Waals surface area contributed by atoms with Crippen molar-refractivity contribution in [3.63, 3.8) is 0 Å². The van der Waals surface area contributed by atoms with Crippen molar-refractivity contribution in [2.45, 2.75) is 45.8 Å². The fourth-order valence-corrected chi connectivity index (χ4v) is 5.25. The largest absolute Gasteiger partial charge is 0.444 e. The highest BCUT2D eigenvalue weighted by Crippen LogP contribution is 2.44. The van der Waals surface area contributed by atoms with Crippen LogP contribution in [0.4, 0.5) is 15.0 Å². The summed E-state index contributed by atoms with van der Waals surface area (Å²) < 4.78 is 20.3. The van der Waals surface area contributed by atoms with Crippen LogP contribution in [0.5, 0.6) is 0 Å². The number of nitriles is 1. The molecular formula is C25H29FN6O2. The van der Waals surface area contributed by atoms with Gasteiger partial charge in [-0.3, -0.25) is 4.98 Å². The Morgan fingerprint density at radius 3 is 2.82 bits per heavy atom. The number of pyridine rings is 2. The van der Waals surface area contributed by atoms with Gasteiger partial charge in [0.2, 0.25) is 0 Å². The molecule has 178 valence electrons. The average Bonchev–Trinajstić information content (AvgIpc) is 3.22. The number of carbonyl (C=O) groups excluding carboxylic acids is 1. The molecule has 3 aliphatic heterocycles. The predicted octanol–water partition coefficient (Wildman–Crippen LogP) is 3.25. The zero-order valence-electron chi connectivity index (χ0n) is 19.8. The van der Waals surface area contributed by atoms with Crippen molar-refractivity contribution in [2.75, 3.05) is 37.6 Å². The smallest absolute Gasteiger partial charge is 0.410 e. The van der Waals surface area contributed by atoms with Gasteiger partial charge >= 0.3 is 6.09 Å². The molecule has 34 heavy (non-hydrogen) atoms. The van der Waals surface area contributed by atoms with Crippen LogP contribution in [0.15, 0.2) is 18.3 Å². The van der Waals surface area contributed by atoms with E-state index in [0.717, 1.165) is 30.8 Å². The van der Waals surface area contributed by atoms with E-state index in [0.29, 0.717) is 49.5 Å². The molecule has 2 aromatic heterocycles. The number of nitrogens with one attached hydrogen (secondary N) is 1. The zero-order valence-corrected chi connectivity index (χ0v) is 19.8. The Balaban J connectivity index is 1.46. The number of fused-ring (bicyclic) bond motifs is 1. The number of hydrogen-bond acceptors (Lipinski definition) is 7. The van der Waals surface area contributed by atoms with Crippen LogP contribution in [0.2, 0.25) is 0 Å². The number of aromatic nitrogens is 2. The van der Waals surface area contributed by atoms with Crippen LogP contribution in [0.25, 0.3) is 11.3 Å². The first kappa shape index (κ1) is 22.5. The van der Waals surface area contributed by atoms with Crippen LogP contribution < -0.4 is 10.2 Å². The SMILES string of the molecule is CC(C)(C)OC(=O)N1CC2(CCN(c3nc4c(c(-c5ncccc5F)c3C#N)CCNC4)C2)C1. The molecule has 0 atom stereocenters.